The average molecular weight is 381 g/mol. The molecule has 0 radical (unpaired) electrons. The van der Waals surface area contributed by atoms with Gasteiger partial charge in [-0.25, -0.2) is 8.42 Å². The van der Waals surface area contributed by atoms with E-state index in [1.54, 1.807) is 12.1 Å². The normalized spacial score (nSPS) is 16.8. The maximum atomic E-state index is 12.9. The van der Waals surface area contributed by atoms with Crippen molar-refractivity contribution in [3.63, 3.8) is 0 Å². The molecule has 0 atom stereocenters. The summed E-state index contributed by atoms with van der Waals surface area (Å²) in [7, 11) is -3.48. The molecular weight excluding hydrogens is 348 g/mol. The van der Waals surface area contributed by atoms with Crippen LogP contribution in [0, 0.1) is 11.8 Å². The minimum absolute atomic E-state index is 0.0604. The second-order valence-corrected chi connectivity index (χ2v) is 9.37. The number of amides is 1. The van der Waals surface area contributed by atoms with Crippen molar-refractivity contribution in [2.45, 2.75) is 51.9 Å². The van der Waals surface area contributed by atoms with Crippen LogP contribution in [0.2, 0.25) is 0 Å². The Hall–Kier alpha value is -1.40. The van der Waals surface area contributed by atoms with Crippen molar-refractivity contribution < 1.29 is 13.2 Å². The summed E-state index contributed by atoms with van der Waals surface area (Å²) in [6.07, 6.45) is 2.14. The standard InChI is InChI=1S/C20H32N2O3S/c1-5-21(6-2)20(23)18-11-13-22(14-12-18)26(24,25)19-9-7-17(8-10-19)15-16(3)4/h7-10,16,18H,5-6,11-15H2,1-4H3. The summed E-state index contributed by atoms with van der Waals surface area (Å²) >= 11 is 0. The Morgan fingerprint density at radius 1 is 1.12 bits per heavy atom. The first-order valence-corrected chi connectivity index (χ1v) is 11.1. The maximum absolute atomic E-state index is 12.9. The highest BCUT2D eigenvalue weighted by molar-refractivity contribution is 7.89. The van der Waals surface area contributed by atoms with Crippen LogP contribution in [0.15, 0.2) is 29.2 Å². The zero-order valence-electron chi connectivity index (χ0n) is 16.4. The second kappa shape index (κ2) is 9.00. The first-order chi connectivity index (χ1) is 12.3. The molecule has 1 aliphatic rings. The zero-order valence-corrected chi connectivity index (χ0v) is 17.3. The molecular formula is C20H32N2O3S. The van der Waals surface area contributed by atoms with Gasteiger partial charge in [0.25, 0.3) is 0 Å². The molecule has 26 heavy (non-hydrogen) atoms. The summed E-state index contributed by atoms with van der Waals surface area (Å²) in [5.74, 6) is 0.639. The highest BCUT2D eigenvalue weighted by Crippen LogP contribution is 2.25. The van der Waals surface area contributed by atoms with E-state index in [-0.39, 0.29) is 11.8 Å². The molecule has 0 spiro atoms. The number of carbonyl (C=O) groups excluding carboxylic acids is 1. The second-order valence-electron chi connectivity index (χ2n) is 7.43. The molecule has 1 fully saturated rings. The van der Waals surface area contributed by atoms with Crippen LogP contribution in [-0.2, 0) is 21.2 Å². The number of piperidine rings is 1. The zero-order chi connectivity index (χ0) is 19.3. The van der Waals surface area contributed by atoms with E-state index in [4.69, 9.17) is 0 Å². The van der Waals surface area contributed by atoms with E-state index in [1.807, 2.05) is 30.9 Å². The van der Waals surface area contributed by atoms with Crippen molar-refractivity contribution in [1.82, 2.24) is 9.21 Å². The fourth-order valence-corrected chi connectivity index (χ4v) is 5.02. The molecule has 2 rings (SSSR count). The third-order valence-electron chi connectivity index (χ3n) is 5.08. The van der Waals surface area contributed by atoms with Gasteiger partial charge in [-0.1, -0.05) is 26.0 Å². The maximum Gasteiger partial charge on any atom is 0.243 e. The molecule has 1 aromatic rings. The Bertz CT molecular complexity index is 686. The Labute approximate surface area is 158 Å². The van der Waals surface area contributed by atoms with Crippen LogP contribution in [0.1, 0.15) is 46.1 Å². The predicted molar refractivity (Wildman–Crippen MR) is 104 cm³/mol. The molecule has 0 bridgehead atoms. The average Bonchev–Trinajstić information content (AvgIpc) is 2.62. The molecule has 0 aliphatic carbocycles. The summed E-state index contributed by atoms with van der Waals surface area (Å²) in [6, 6.07) is 7.23. The minimum atomic E-state index is -3.48. The number of sulfonamides is 1. The van der Waals surface area contributed by atoms with Gasteiger partial charge in [-0.15, -0.1) is 0 Å². The molecule has 146 valence electrons. The fraction of sp³-hybridized carbons (Fsp3) is 0.650. The monoisotopic (exact) mass is 380 g/mol. The molecule has 1 aliphatic heterocycles. The lowest BCUT2D eigenvalue weighted by Crippen LogP contribution is -2.44. The third-order valence-corrected chi connectivity index (χ3v) is 7.00. The summed E-state index contributed by atoms with van der Waals surface area (Å²) in [5.41, 5.74) is 1.16. The van der Waals surface area contributed by atoms with Crippen LogP contribution in [0.5, 0.6) is 0 Å². The van der Waals surface area contributed by atoms with Crippen molar-refractivity contribution in [3.05, 3.63) is 29.8 Å². The SMILES string of the molecule is CCN(CC)C(=O)C1CCN(S(=O)(=O)c2ccc(CC(C)C)cc2)CC1. The van der Waals surface area contributed by atoms with Crippen molar-refractivity contribution in [1.29, 1.82) is 0 Å². The van der Waals surface area contributed by atoms with E-state index in [2.05, 4.69) is 13.8 Å². The van der Waals surface area contributed by atoms with Crippen LogP contribution in [0.4, 0.5) is 0 Å². The van der Waals surface area contributed by atoms with Crippen molar-refractivity contribution in [2.75, 3.05) is 26.2 Å². The van der Waals surface area contributed by atoms with Gasteiger partial charge in [0.05, 0.1) is 4.90 Å². The lowest BCUT2D eigenvalue weighted by Gasteiger charge is -2.33. The Balaban J connectivity index is 2.02. The van der Waals surface area contributed by atoms with E-state index in [9.17, 15) is 13.2 Å². The van der Waals surface area contributed by atoms with Gasteiger partial charge in [-0.2, -0.15) is 4.31 Å². The van der Waals surface area contributed by atoms with E-state index in [0.717, 1.165) is 12.0 Å². The summed E-state index contributed by atoms with van der Waals surface area (Å²) < 4.78 is 27.3. The number of carbonyl (C=O) groups is 1. The lowest BCUT2D eigenvalue weighted by atomic mass is 9.96. The van der Waals surface area contributed by atoms with E-state index < -0.39 is 10.0 Å². The Kier molecular flexibility index (Phi) is 7.24. The number of hydrogen-bond acceptors (Lipinski definition) is 3. The molecule has 0 unspecified atom stereocenters. The molecule has 0 aromatic heterocycles. The number of rotatable bonds is 7. The topological polar surface area (TPSA) is 57.7 Å². The Morgan fingerprint density at radius 3 is 2.12 bits per heavy atom. The first kappa shape index (κ1) is 20.9. The van der Waals surface area contributed by atoms with Crippen LogP contribution >= 0.6 is 0 Å². The van der Waals surface area contributed by atoms with E-state index in [0.29, 0.717) is 49.8 Å². The predicted octanol–water partition coefficient (Wildman–Crippen LogP) is 3.15. The number of hydrogen-bond donors (Lipinski definition) is 0. The lowest BCUT2D eigenvalue weighted by molar-refractivity contribution is -0.136. The van der Waals surface area contributed by atoms with Crippen LogP contribution in [0.25, 0.3) is 0 Å². The van der Waals surface area contributed by atoms with Gasteiger partial charge in [0, 0.05) is 32.1 Å². The molecule has 1 saturated heterocycles. The van der Waals surface area contributed by atoms with Gasteiger partial charge < -0.3 is 4.90 Å². The quantitative estimate of drug-likeness (QED) is 0.730. The molecule has 1 heterocycles. The van der Waals surface area contributed by atoms with Gasteiger partial charge in [-0.05, 0) is 56.7 Å². The molecule has 5 nitrogen and oxygen atoms in total. The summed E-state index contributed by atoms with van der Waals surface area (Å²) in [4.78, 5) is 14.7. The molecule has 6 heteroatoms. The van der Waals surface area contributed by atoms with Gasteiger partial charge in [0.2, 0.25) is 15.9 Å². The minimum Gasteiger partial charge on any atom is -0.343 e. The van der Waals surface area contributed by atoms with Crippen molar-refractivity contribution in [2.24, 2.45) is 11.8 Å². The molecule has 1 amide bonds. The smallest absolute Gasteiger partial charge is 0.243 e. The summed E-state index contributed by atoms with van der Waals surface area (Å²) in [6.45, 7) is 10.5. The Morgan fingerprint density at radius 2 is 1.65 bits per heavy atom. The first-order valence-electron chi connectivity index (χ1n) is 9.67. The highest BCUT2D eigenvalue weighted by atomic mass is 32.2. The van der Waals surface area contributed by atoms with Crippen LogP contribution in [0.3, 0.4) is 0 Å². The summed E-state index contributed by atoms with van der Waals surface area (Å²) in [5, 5.41) is 0. The van der Waals surface area contributed by atoms with Gasteiger partial charge in [0.1, 0.15) is 0 Å². The number of benzene rings is 1. The van der Waals surface area contributed by atoms with E-state index in [1.165, 1.54) is 4.31 Å². The molecule has 0 N–H and O–H groups in total. The van der Waals surface area contributed by atoms with E-state index >= 15 is 0 Å². The fourth-order valence-electron chi connectivity index (χ4n) is 3.55. The van der Waals surface area contributed by atoms with Crippen molar-refractivity contribution in [3.8, 4) is 0 Å². The van der Waals surface area contributed by atoms with Gasteiger partial charge >= 0.3 is 0 Å². The van der Waals surface area contributed by atoms with Gasteiger partial charge in [-0.3, -0.25) is 4.79 Å². The van der Waals surface area contributed by atoms with Gasteiger partial charge in [0.15, 0.2) is 0 Å². The largest absolute Gasteiger partial charge is 0.343 e. The van der Waals surface area contributed by atoms with Crippen LogP contribution in [-0.4, -0.2) is 49.7 Å². The van der Waals surface area contributed by atoms with Crippen LogP contribution < -0.4 is 0 Å². The molecule has 1 aromatic carbocycles. The highest BCUT2D eigenvalue weighted by Gasteiger charge is 2.33. The molecule has 0 saturated carbocycles. The third kappa shape index (κ3) is 4.86. The number of nitrogens with zero attached hydrogens (tertiary/aromatic N) is 2. The van der Waals surface area contributed by atoms with Crippen molar-refractivity contribution >= 4 is 15.9 Å².